The number of rotatable bonds is 6. The minimum absolute atomic E-state index is 0.314. The van der Waals surface area contributed by atoms with E-state index < -0.39 is 0 Å². The molecule has 0 fully saturated rings. The van der Waals surface area contributed by atoms with E-state index in [-0.39, 0.29) is 0 Å². The van der Waals surface area contributed by atoms with Crippen molar-refractivity contribution >= 4 is 0 Å². The highest BCUT2D eigenvalue weighted by Gasteiger charge is 2.19. The van der Waals surface area contributed by atoms with Crippen LogP contribution < -0.4 is 5.32 Å². The maximum atomic E-state index is 5.32. The molecule has 90 valence electrons. The monoisotopic (exact) mass is 221 g/mol. The summed E-state index contributed by atoms with van der Waals surface area (Å²) >= 11 is 0. The molecule has 3 unspecified atom stereocenters. The molecule has 1 aromatic carbocycles. The van der Waals surface area contributed by atoms with Gasteiger partial charge in [0.1, 0.15) is 0 Å². The molecule has 1 N–H and O–H groups in total. The summed E-state index contributed by atoms with van der Waals surface area (Å²) in [5.41, 5.74) is 1.35. The maximum Gasteiger partial charge on any atom is 0.0546 e. The molecule has 0 spiro atoms. The van der Waals surface area contributed by atoms with E-state index in [1.807, 2.05) is 7.05 Å². The van der Waals surface area contributed by atoms with E-state index in [1.54, 1.807) is 7.11 Å². The van der Waals surface area contributed by atoms with E-state index in [0.29, 0.717) is 18.1 Å². The average molecular weight is 221 g/mol. The van der Waals surface area contributed by atoms with Gasteiger partial charge in [-0.2, -0.15) is 0 Å². The lowest BCUT2D eigenvalue weighted by Crippen LogP contribution is -2.26. The highest BCUT2D eigenvalue weighted by atomic mass is 16.5. The lowest BCUT2D eigenvalue weighted by molar-refractivity contribution is 0.0913. The van der Waals surface area contributed by atoms with E-state index in [4.69, 9.17) is 4.74 Å². The van der Waals surface area contributed by atoms with Gasteiger partial charge in [-0.05, 0) is 31.9 Å². The summed E-state index contributed by atoms with van der Waals surface area (Å²) in [4.78, 5) is 0. The van der Waals surface area contributed by atoms with Gasteiger partial charge in [0.2, 0.25) is 0 Å². The van der Waals surface area contributed by atoms with Gasteiger partial charge >= 0.3 is 0 Å². The average Bonchev–Trinajstić information content (AvgIpc) is 2.31. The van der Waals surface area contributed by atoms with Crippen molar-refractivity contribution in [3.63, 3.8) is 0 Å². The Morgan fingerprint density at radius 2 is 1.81 bits per heavy atom. The molecular formula is C14H23NO. The number of nitrogens with one attached hydrogen (secondary N) is 1. The Morgan fingerprint density at radius 3 is 2.31 bits per heavy atom. The fraction of sp³-hybridized carbons (Fsp3) is 0.571. The van der Waals surface area contributed by atoms with Gasteiger partial charge in [0, 0.05) is 13.2 Å². The van der Waals surface area contributed by atoms with Gasteiger partial charge in [0.25, 0.3) is 0 Å². The van der Waals surface area contributed by atoms with Crippen molar-refractivity contribution in [1.29, 1.82) is 0 Å². The molecule has 3 atom stereocenters. The van der Waals surface area contributed by atoms with Crippen LogP contribution in [0, 0.1) is 5.92 Å². The van der Waals surface area contributed by atoms with Gasteiger partial charge in [0.15, 0.2) is 0 Å². The Morgan fingerprint density at radius 1 is 1.19 bits per heavy atom. The molecule has 0 bridgehead atoms. The van der Waals surface area contributed by atoms with Crippen molar-refractivity contribution in [2.24, 2.45) is 5.92 Å². The Kier molecular flexibility index (Phi) is 5.50. The Hall–Kier alpha value is -0.860. The first kappa shape index (κ1) is 13.2. The molecule has 16 heavy (non-hydrogen) atoms. The molecule has 0 amide bonds. The van der Waals surface area contributed by atoms with Gasteiger partial charge in [-0.25, -0.2) is 0 Å². The third-order valence-corrected chi connectivity index (χ3v) is 3.14. The molecule has 0 aliphatic carbocycles. The SMILES string of the molecule is CNC(c1ccccc1)C(C)CC(C)OC. The van der Waals surface area contributed by atoms with Gasteiger partial charge in [-0.1, -0.05) is 37.3 Å². The van der Waals surface area contributed by atoms with Crippen LogP contribution in [0.3, 0.4) is 0 Å². The predicted molar refractivity (Wildman–Crippen MR) is 68.5 cm³/mol. The van der Waals surface area contributed by atoms with Crippen LogP contribution in [0.2, 0.25) is 0 Å². The Balaban J connectivity index is 2.67. The summed E-state index contributed by atoms with van der Waals surface area (Å²) < 4.78 is 5.32. The zero-order valence-corrected chi connectivity index (χ0v) is 10.7. The summed E-state index contributed by atoms with van der Waals surface area (Å²) in [7, 11) is 3.79. The van der Waals surface area contributed by atoms with Crippen LogP contribution in [0.5, 0.6) is 0 Å². The van der Waals surface area contributed by atoms with Crippen molar-refractivity contribution in [3.05, 3.63) is 35.9 Å². The van der Waals surface area contributed by atoms with Crippen LogP contribution in [0.1, 0.15) is 31.9 Å². The quantitative estimate of drug-likeness (QED) is 0.797. The van der Waals surface area contributed by atoms with Crippen LogP contribution in [0.4, 0.5) is 0 Å². The second-order valence-corrected chi connectivity index (χ2v) is 4.44. The largest absolute Gasteiger partial charge is 0.382 e. The molecule has 1 rings (SSSR count). The van der Waals surface area contributed by atoms with Crippen molar-refractivity contribution in [2.75, 3.05) is 14.2 Å². The number of hydrogen-bond donors (Lipinski definition) is 1. The molecular weight excluding hydrogens is 198 g/mol. The van der Waals surface area contributed by atoms with Gasteiger partial charge in [0.05, 0.1) is 6.10 Å². The van der Waals surface area contributed by atoms with E-state index in [1.165, 1.54) is 5.56 Å². The van der Waals surface area contributed by atoms with Gasteiger partial charge < -0.3 is 10.1 Å². The van der Waals surface area contributed by atoms with Crippen LogP contribution in [0.15, 0.2) is 30.3 Å². The molecule has 0 aromatic heterocycles. The fourth-order valence-electron chi connectivity index (χ4n) is 2.20. The van der Waals surface area contributed by atoms with E-state index in [0.717, 1.165) is 6.42 Å². The smallest absolute Gasteiger partial charge is 0.0546 e. The lowest BCUT2D eigenvalue weighted by Gasteiger charge is -2.26. The van der Waals surface area contributed by atoms with Crippen molar-refractivity contribution < 1.29 is 4.74 Å². The topological polar surface area (TPSA) is 21.3 Å². The summed E-state index contributed by atoms with van der Waals surface area (Å²) in [6.45, 7) is 4.39. The normalized spacial score (nSPS) is 16.8. The van der Waals surface area contributed by atoms with Crippen molar-refractivity contribution in [1.82, 2.24) is 5.32 Å². The number of ether oxygens (including phenoxy) is 1. The van der Waals surface area contributed by atoms with Crippen LogP contribution in [0.25, 0.3) is 0 Å². The Bertz CT molecular complexity index is 286. The molecule has 0 saturated carbocycles. The van der Waals surface area contributed by atoms with Gasteiger partial charge in [-0.15, -0.1) is 0 Å². The zero-order valence-electron chi connectivity index (χ0n) is 10.7. The highest BCUT2D eigenvalue weighted by molar-refractivity contribution is 5.19. The maximum absolute atomic E-state index is 5.32. The van der Waals surface area contributed by atoms with E-state index >= 15 is 0 Å². The number of methoxy groups -OCH3 is 1. The molecule has 1 aromatic rings. The number of hydrogen-bond acceptors (Lipinski definition) is 2. The van der Waals surface area contributed by atoms with Crippen LogP contribution in [-0.4, -0.2) is 20.3 Å². The first-order valence-electron chi connectivity index (χ1n) is 5.94. The van der Waals surface area contributed by atoms with Crippen LogP contribution in [-0.2, 0) is 4.74 Å². The predicted octanol–water partition coefficient (Wildman–Crippen LogP) is 3.01. The molecule has 0 radical (unpaired) electrons. The molecule has 0 heterocycles. The zero-order chi connectivity index (χ0) is 12.0. The third kappa shape index (κ3) is 3.62. The highest BCUT2D eigenvalue weighted by Crippen LogP contribution is 2.25. The van der Waals surface area contributed by atoms with Crippen LogP contribution >= 0.6 is 0 Å². The summed E-state index contributed by atoms with van der Waals surface area (Å²) in [5, 5.41) is 3.39. The second-order valence-electron chi connectivity index (χ2n) is 4.44. The minimum Gasteiger partial charge on any atom is -0.382 e. The summed E-state index contributed by atoms with van der Waals surface area (Å²) in [6, 6.07) is 11.0. The molecule has 0 aliphatic heterocycles. The molecule has 0 saturated heterocycles. The summed E-state index contributed by atoms with van der Waals surface area (Å²) in [6.07, 6.45) is 1.38. The lowest BCUT2D eigenvalue weighted by atomic mass is 9.90. The van der Waals surface area contributed by atoms with E-state index in [9.17, 15) is 0 Å². The minimum atomic E-state index is 0.314. The second kappa shape index (κ2) is 6.66. The molecule has 2 nitrogen and oxygen atoms in total. The van der Waals surface area contributed by atoms with Crippen molar-refractivity contribution in [2.45, 2.75) is 32.4 Å². The standard InChI is InChI=1S/C14H23NO/c1-11(10-12(2)16-4)14(15-3)13-8-6-5-7-9-13/h5-9,11-12,14-15H,10H2,1-4H3. The van der Waals surface area contributed by atoms with E-state index in [2.05, 4.69) is 49.5 Å². The summed E-state index contributed by atoms with van der Waals surface area (Å²) in [5.74, 6) is 0.558. The van der Waals surface area contributed by atoms with Gasteiger partial charge in [-0.3, -0.25) is 0 Å². The molecule has 0 aliphatic rings. The first-order chi connectivity index (χ1) is 7.69. The fourth-order valence-corrected chi connectivity index (χ4v) is 2.20. The first-order valence-corrected chi connectivity index (χ1v) is 5.94. The Labute approximate surface area is 99.0 Å². The third-order valence-electron chi connectivity index (χ3n) is 3.14. The number of benzene rings is 1. The van der Waals surface area contributed by atoms with Crippen molar-refractivity contribution in [3.8, 4) is 0 Å². The molecule has 2 heteroatoms.